The molecule has 0 bridgehead atoms. The van der Waals surface area contributed by atoms with Crippen LogP contribution in [0.2, 0.25) is 0 Å². The molecule has 0 saturated carbocycles. The van der Waals surface area contributed by atoms with E-state index in [-0.39, 0.29) is 0 Å². The van der Waals surface area contributed by atoms with E-state index in [1.807, 2.05) is 6.92 Å². The first-order valence-electron chi connectivity index (χ1n) is 1.85. The molecule has 0 unspecified atom stereocenters. The number of halogens is 1. The number of hydrogen-bond donors (Lipinski definition) is 1. The van der Waals surface area contributed by atoms with E-state index in [4.69, 9.17) is 0 Å². The van der Waals surface area contributed by atoms with Gasteiger partial charge in [-0.25, -0.2) is 0 Å². The topological polar surface area (TPSA) is 12.0 Å². The Hall–Kier alpha value is -0.530. The van der Waals surface area contributed by atoms with Crippen molar-refractivity contribution in [3.8, 4) is 0 Å². The molecule has 0 aromatic heterocycles. The Kier molecular flexibility index (Phi) is 2.46. The van der Waals surface area contributed by atoms with Crippen molar-refractivity contribution in [1.29, 1.82) is 0 Å². The van der Waals surface area contributed by atoms with Gasteiger partial charge < -0.3 is 5.32 Å². The van der Waals surface area contributed by atoms with Crippen LogP contribution in [-0.4, -0.2) is 6.54 Å². The monoisotopic (exact) mass is 89.1 g/mol. The maximum atomic E-state index is 11.4. The molecule has 1 N–H and O–H groups in total. The van der Waals surface area contributed by atoms with Gasteiger partial charge in [0.1, 0.15) is 0 Å². The molecule has 0 spiro atoms. The molecule has 2 heteroatoms. The minimum absolute atomic E-state index is 0.461. The fourth-order valence-electron chi connectivity index (χ4n) is 0.192. The number of hydrogen-bond acceptors (Lipinski definition) is 1. The molecule has 36 valence electrons. The molecule has 0 atom stereocenters. The van der Waals surface area contributed by atoms with Crippen molar-refractivity contribution in [2.45, 2.75) is 6.92 Å². The average Bonchev–Trinajstić information content (AvgIpc) is 1.35. The van der Waals surface area contributed by atoms with E-state index >= 15 is 0 Å². The molecular formula is C4H8FN. The van der Waals surface area contributed by atoms with Crippen LogP contribution in [0, 0.1) is 0 Å². The molecule has 0 aromatic carbocycles. The van der Waals surface area contributed by atoms with Crippen molar-refractivity contribution >= 4 is 0 Å². The van der Waals surface area contributed by atoms with Crippen LogP contribution in [0.25, 0.3) is 0 Å². The molecule has 0 amide bonds. The number of rotatable bonds is 2. The fraction of sp³-hybridized carbons (Fsp3) is 0.500. The molecule has 6 heavy (non-hydrogen) atoms. The lowest BCUT2D eigenvalue weighted by Gasteiger charge is -1.90. The highest BCUT2D eigenvalue weighted by Gasteiger charge is 1.76. The SMILES string of the molecule is C=C(F)NCC. The van der Waals surface area contributed by atoms with Crippen LogP contribution in [0.4, 0.5) is 4.39 Å². The summed E-state index contributed by atoms with van der Waals surface area (Å²) in [6.07, 6.45) is 0. The van der Waals surface area contributed by atoms with Crippen molar-refractivity contribution in [1.82, 2.24) is 5.32 Å². The average molecular weight is 89.1 g/mol. The molecule has 1 nitrogen and oxygen atoms in total. The summed E-state index contributed by atoms with van der Waals surface area (Å²) in [5.74, 6) is -0.461. The Labute approximate surface area is 36.9 Å². The maximum Gasteiger partial charge on any atom is 0.179 e. The molecule has 0 fully saturated rings. The van der Waals surface area contributed by atoms with E-state index in [2.05, 4.69) is 11.9 Å². The van der Waals surface area contributed by atoms with Crippen molar-refractivity contribution in [2.75, 3.05) is 6.54 Å². The van der Waals surface area contributed by atoms with Gasteiger partial charge in [-0.3, -0.25) is 0 Å². The molecule has 0 saturated heterocycles. The highest BCUT2D eigenvalue weighted by Crippen LogP contribution is 1.78. The predicted molar refractivity (Wildman–Crippen MR) is 23.9 cm³/mol. The lowest BCUT2D eigenvalue weighted by Crippen LogP contribution is -2.06. The first-order valence-corrected chi connectivity index (χ1v) is 1.85. The van der Waals surface area contributed by atoms with Gasteiger partial charge in [0, 0.05) is 6.54 Å². The van der Waals surface area contributed by atoms with Crippen molar-refractivity contribution in [3.05, 3.63) is 12.5 Å². The van der Waals surface area contributed by atoms with Gasteiger partial charge in [0.2, 0.25) is 0 Å². The lowest BCUT2D eigenvalue weighted by atomic mass is 10.7. The van der Waals surface area contributed by atoms with E-state index in [1.165, 1.54) is 0 Å². The third-order valence-electron chi connectivity index (χ3n) is 0.369. The van der Waals surface area contributed by atoms with Crippen LogP contribution < -0.4 is 5.32 Å². The number of nitrogens with one attached hydrogen (secondary N) is 1. The van der Waals surface area contributed by atoms with E-state index in [9.17, 15) is 4.39 Å². The molecule has 0 aliphatic rings. The molecule has 0 aromatic rings. The second-order valence-corrected chi connectivity index (χ2v) is 0.935. The van der Waals surface area contributed by atoms with Crippen molar-refractivity contribution in [3.63, 3.8) is 0 Å². The zero-order valence-corrected chi connectivity index (χ0v) is 3.79. The van der Waals surface area contributed by atoms with Crippen molar-refractivity contribution in [2.24, 2.45) is 0 Å². The summed E-state index contributed by atoms with van der Waals surface area (Å²) in [4.78, 5) is 0. The summed E-state index contributed by atoms with van der Waals surface area (Å²) in [7, 11) is 0. The zero-order valence-electron chi connectivity index (χ0n) is 3.79. The Morgan fingerprint density at radius 1 is 2.00 bits per heavy atom. The summed E-state index contributed by atoms with van der Waals surface area (Å²) in [6, 6.07) is 0. The summed E-state index contributed by atoms with van der Waals surface area (Å²) in [5.41, 5.74) is 0. The van der Waals surface area contributed by atoms with Crippen LogP contribution in [0.5, 0.6) is 0 Å². The summed E-state index contributed by atoms with van der Waals surface area (Å²) in [6.45, 7) is 5.38. The van der Waals surface area contributed by atoms with Gasteiger partial charge in [-0.05, 0) is 13.5 Å². The molecule has 0 rings (SSSR count). The fourth-order valence-corrected chi connectivity index (χ4v) is 0.192. The Morgan fingerprint density at radius 3 is 2.50 bits per heavy atom. The van der Waals surface area contributed by atoms with E-state index in [0.29, 0.717) is 6.54 Å². The van der Waals surface area contributed by atoms with Crippen LogP contribution in [-0.2, 0) is 0 Å². The summed E-state index contributed by atoms with van der Waals surface area (Å²) in [5, 5.41) is 2.35. The van der Waals surface area contributed by atoms with E-state index in [1.54, 1.807) is 0 Å². The van der Waals surface area contributed by atoms with Gasteiger partial charge >= 0.3 is 0 Å². The minimum Gasteiger partial charge on any atom is -0.363 e. The van der Waals surface area contributed by atoms with Gasteiger partial charge in [-0.2, -0.15) is 4.39 Å². The molecule has 0 aliphatic carbocycles. The van der Waals surface area contributed by atoms with Crippen LogP contribution in [0.3, 0.4) is 0 Å². The summed E-state index contributed by atoms with van der Waals surface area (Å²) >= 11 is 0. The molecule has 0 heterocycles. The first-order chi connectivity index (χ1) is 2.77. The van der Waals surface area contributed by atoms with Crippen molar-refractivity contribution < 1.29 is 4.39 Å². The predicted octanol–water partition coefficient (Wildman–Crippen LogP) is 1.04. The third-order valence-corrected chi connectivity index (χ3v) is 0.369. The Bertz CT molecular complexity index is 51.5. The largest absolute Gasteiger partial charge is 0.363 e. The van der Waals surface area contributed by atoms with Gasteiger partial charge in [-0.15, -0.1) is 0 Å². The van der Waals surface area contributed by atoms with Gasteiger partial charge in [-0.1, -0.05) is 0 Å². The highest BCUT2D eigenvalue weighted by atomic mass is 19.1. The van der Waals surface area contributed by atoms with Gasteiger partial charge in [0.25, 0.3) is 0 Å². The Morgan fingerprint density at radius 2 is 2.50 bits per heavy atom. The smallest absolute Gasteiger partial charge is 0.179 e. The van der Waals surface area contributed by atoms with Gasteiger partial charge in [0.05, 0.1) is 0 Å². The maximum absolute atomic E-state index is 11.4. The Balaban J connectivity index is 2.83. The van der Waals surface area contributed by atoms with Crippen LogP contribution in [0.1, 0.15) is 6.92 Å². The third kappa shape index (κ3) is 3.47. The highest BCUT2D eigenvalue weighted by molar-refractivity contribution is 4.73. The molecular weight excluding hydrogens is 81.0 g/mol. The second-order valence-electron chi connectivity index (χ2n) is 0.935. The summed E-state index contributed by atoms with van der Waals surface area (Å²) < 4.78 is 11.4. The first kappa shape index (κ1) is 5.47. The molecule has 0 radical (unpaired) electrons. The van der Waals surface area contributed by atoms with E-state index in [0.717, 1.165) is 0 Å². The van der Waals surface area contributed by atoms with Gasteiger partial charge in [0.15, 0.2) is 5.95 Å². The minimum atomic E-state index is -0.461. The quantitative estimate of drug-likeness (QED) is 0.498. The zero-order chi connectivity index (χ0) is 4.99. The second kappa shape index (κ2) is 2.69. The molecule has 0 aliphatic heterocycles. The van der Waals surface area contributed by atoms with E-state index < -0.39 is 5.95 Å². The standard InChI is InChI=1S/C4H8FN/c1-3-6-4(2)5/h6H,2-3H2,1H3. The van der Waals surface area contributed by atoms with Crippen LogP contribution >= 0.6 is 0 Å². The van der Waals surface area contributed by atoms with Crippen LogP contribution in [0.15, 0.2) is 12.5 Å². The lowest BCUT2D eigenvalue weighted by molar-refractivity contribution is 0.557. The normalized spacial score (nSPS) is 7.67.